The minimum absolute atomic E-state index is 0.273. The van der Waals surface area contributed by atoms with E-state index in [1.54, 1.807) is 11.9 Å². The number of cyclic esters (lactones) is 1. The number of rotatable bonds is 2. The Kier molecular flexibility index (Phi) is 2.59. The SMILES string of the molecule is CN1C(=O)OCC1(C)c1ccc(CN)cc1. The predicted octanol–water partition coefficient (Wildman–Crippen LogP) is 1.44. The van der Waals surface area contributed by atoms with Gasteiger partial charge in [-0.1, -0.05) is 24.3 Å². The maximum absolute atomic E-state index is 11.4. The van der Waals surface area contributed by atoms with E-state index in [0.717, 1.165) is 11.1 Å². The van der Waals surface area contributed by atoms with Gasteiger partial charge in [0.2, 0.25) is 0 Å². The molecule has 1 aromatic rings. The lowest BCUT2D eigenvalue weighted by Crippen LogP contribution is -2.39. The van der Waals surface area contributed by atoms with Gasteiger partial charge in [-0.05, 0) is 18.1 Å². The first-order valence-electron chi connectivity index (χ1n) is 5.28. The van der Waals surface area contributed by atoms with Crippen LogP contribution in [0.4, 0.5) is 4.79 Å². The van der Waals surface area contributed by atoms with Gasteiger partial charge in [-0.3, -0.25) is 4.90 Å². The van der Waals surface area contributed by atoms with Crippen molar-refractivity contribution in [2.75, 3.05) is 13.7 Å². The van der Waals surface area contributed by atoms with E-state index in [0.29, 0.717) is 13.2 Å². The van der Waals surface area contributed by atoms with Crippen LogP contribution in [-0.4, -0.2) is 24.6 Å². The number of ether oxygens (including phenoxy) is 1. The molecular formula is C12H16N2O2. The Morgan fingerprint density at radius 1 is 1.44 bits per heavy atom. The summed E-state index contributed by atoms with van der Waals surface area (Å²) in [6.45, 7) is 2.92. The molecule has 0 radical (unpaired) electrons. The van der Waals surface area contributed by atoms with E-state index < -0.39 is 0 Å². The quantitative estimate of drug-likeness (QED) is 0.820. The van der Waals surface area contributed by atoms with Crippen LogP contribution in [0.15, 0.2) is 24.3 Å². The summed E-state index contributed by atoms with van der Waals surface area (Å²) in [4.78, 5) is 13.0. The maximum atomic E-state index is 11.4. The van der Waals surface area contributed by atoms with Crippen molar-refractivity contribution in [3.63, 3.8) is 0 Å². The van der Waals surface area contributed by atoms with E-state index >= 15 is 0 Å². The van der Waals surface area contributed by atoms with Gasteiger partial charge >= 0.3 is 6.09 Å². The molecule has 4 heteroatoms. The van der Waals surface area contributed by atoms with Crippen molar-refractivity contribution < 1.29 is 9.53 Å². The van der Waals surface area contributed by atoms with Crippen LogP contribution < -0.4 is 5.73 Å². The Labute approximate surface area is 95.0 Å². The minimum atomic E-state index is -0.371. The molecule has 86 valence electrons. The van der Waals surface area contributed by atoms with E-state index in [1.807, 2.05) is 31.2 Å². The van der Waals surface area contributed by atoms with Crippen molar-refractivity contribution in [1.82, 2.24) is 4.90 Å². The van der Waals surface area contributed by atoms with Gasteiger partial charge in [0.05, 0.1) is 0 Å². The van der Waals surface area contributed by atoms with E-state index in [2.05, 4.69) is 0 Å². The molecule has 1 unspecified atom stereocenters. The molecule has 0 aliphatic carbocycles. The van der Waals surface area contributed by atoms with Crippen LogP contribution in [0.1, 0.15) is 18.1 Å². The van der Waals surface area contributed by atoms with Gasteiger partial charge in [-0.2, -0.15) is 0 Å². The third-order valence-corrected chi connectivity index (χ3v) is 3.30. The summed E-state index contributed by atoms with van der Waals surface area (Å²) in [6.07, 6.45) is -0.273. The number of nitrogens with zero attached hydrogens (tertiary/aromatic N) is 1. The number of hydrogen-bond acceptors (Lipinski definition) is 3. The number of likely N-dealkylation sites (N-methyl/N-ethyl adjacent to an activating group) is 1. The highest BCUT2D eigenvalue weighted by atomic mass is 16.6. The van der Waals surface area contributed by atoms with Crippen LogP contribution in [-0.2, 0) is 16.8 Å². The second kappa shape index (κ2) is 3.79. The average molecular weight is 220 g/mol. The van der Waals surface area contributed by atoms with E-state index in [9.17, 15) is 4.79 Å². The van der Waals surface area contributed by atoms with Crippen LogP contribution >= 0.6 is 0 Å². The first-order chi connectivity index (χ1) is 7.58. The maximum Gasteiger partial charge on any atom is 0.410 e. The van der Waals surface area contributed by atoms with Crippen molar-refractivity contribution in [2.45, 2.75) is 19.0 Å². The fraction of sp³-hybridized carbons (Fsp3) is 0.417. The topological polar surface area (TPSA) is 55.6 Å². The first-order valence-corrected chi connectivity index (χ1v) is 5.28. The fourth-order valence-corrected chi connectivity index (χ4v) is 1.87. The summed E-state index contributed by atoms with van der Waals surface area (Å²) >= 11 is 0. The fourth-order valence-electron chi connectivity index (χ4n) is 1.87. The highest BCUT2D eigenvalue weighted by Crippen LogP contribution is 2.32. The van der Waals surface area contributed by atoms with Crippen molar-refractivity contribution in [3.05, 3.63) is 35.4 Å². The van der Waals surface area contributed by atoms with Crippen LogP contribution in [0.2, 0.25) is 0 Å². The standard InChI is InChI=1S/C12H16N2O2/c1-12(8-16-11(15)14(12)2)10-5-3-9(7-13)4-6-10/h3-6H,7-8,13H2,1-2H3. The van der Waals surface area contributed by atoms with Crippen molar-refractivity contribution in [2.24, 2.45) is 5.73 Å². The zero-order chi connectivity index (χ0) is 11.8. The van der Waals surface area contributed by atoms with E-state index in [1.165, 1.54) is 0 Å². The van der Waals surface area contributed by atoms with Crippen LogP contribution in [0, 0.1) is 0 Å². The molecule has 2 rings (SSSR count). The number of benzene rings is 1. The largest absolute Gasteiger partial charge is 0.447 e. The number of carbonyl (C=O) groups excluding carboxylic acids is 1. The van der Waals surface area contributed by atoms with E-state index in [-0.39, 0.29) is 11.6 Å². The molecule has 4 nitrogen and oxygen atoms in total. The zero-order valence-corrected chi connectivity index (χ0v) is 9.56. The van der Waals surface area contributed by atoms with Crippen molar-refractivity contribution in [3.8, 4) is 0 Å². The van der Waals surface area contributed by atoms with Gasteiger partial charge in [-0.15, -0.1) is 0 Å². The first kappa shape index (κ1) is 11.0. The lowest BCUT2D eigenvalue weighted by atomic mass is 9.91. The highest BCUT2D eigenvalue weighted by Gasteiger charge is 2.42. The van der Waals surface area contributed by atoms with Gasteiger partial charge in [-0.25, -0.2) is 4.79 Å². The second-order valence-electron chi connectivity index (χ2n) is 4.29. The molecule has 0 spiro atoms. The predicted molar refractivity (Wildman–Crippen MR) is 60.8 cm³/mol. The van der Waals surface area contributed by atoms with Crippen molar-refractivity contribution in [1.29, 1.82) is 0 Å². The average Bonchev–Trinajstić information content (AvgIpc) is 2.59. The Morgan fingerprint density at radius 3 is 2.50 bits per heavy atom. The summed E-state index contributed by atoms with van der Waals surface area (Å²) < 4.78 is 5.05. The second-order valence-corrected chi connectivity index (χ2v) is 4.29. The Hall–Kier alpha value is -1.55. The number of amides is 1. The Bertz CT molecular complexity index is 402. The molecule has 1 aliphatic heterocycles. The van der Waals surface area contributed by atoms with Crippen LogP contribution in [0.5, 0.6) is 0 Å². The van der Waals surface area contributed by atoms with Gasteiger partial charge in [0.15, 0.2) is 0 Å². The van der Waals surface area contributed by atoms with Crippen molar-refractivity contribution >= 4 is 6.09 Å². The summed E-state index contributed by atoms with van der Waals surface area (Å²) in [7, 11) is 1.76. The molecular weight excluding hydrogens is 204 g/mol. The summed E-state index contributed by atoms with van der Waals surface area (Å²) in [5, 5.41) is 0. The normalized spacial score (nSPS) is 24.7. The molecule has 1 amide bonds. The summed E-state index contributed by atoms with van der Waals surface area (Å²) in [5.74, 6) is 0. The number of carbonyl (C=O) groups is 1. The van der Waals surface area contributed by atoms with Gasteiger partial charge in [0.1, 0.15) is 12.1 Å². The molecule has 16 heavy (non-hydrogen) atoms. The summed E-state index contributed by atoms with van der Waals surface area (Å²) in [6, 6.07) is 7.97. The van der Waals surface area contributed by atoms with E-state index in [4.69, 9.17) is 10.5 Å². The van der Waals surface area contributed by atoms with Gasteiger partial charge in [0, 0.05) is 13.6 Å². The number of nitrogens with two attached hydrogens (primary N) is 1. The third kappa shape index (κ3) is 1.55. The summed E-state index contributed by atoms with van der Waals surface area (Å²) in [5.41, 5.74) is 7.33. The number of hydrogen-bond donors (Lipinski definition) is 1. The lowest BCUT2D eigenvalue weighted by molar-refractivity contribution is 0.162. The Balaban J connectivity index is 2.32. The van der Waals surface area contributed by atoms with Gasteiger partial charge in [0.25, 0.3) is 0 Å². The third-order valence-electron chi connectivity index (χ3n) is 3.30. The lowest BCUT2D eigenvalue weighted by Gasteiger charge is -2.29. The smallest absolute Gasteiger partial charge is 0.410 e. The minimum Gasteiger partial charge on any atom is -0.447 e. The molecule has 1 saturated heterocycles. The molecule has 2 N–H and O–H groups in total. The molecule has 0 bridgehead atoms. The molecule has 1 atom stereocenters. The van der Waals surface area contributed by atoms with Crippen LogP contribution in [0.3, 0.4) is 0 Å². The van der Waals surface area contributed by atoms with Gasteiger partial charge < -0.3 is 10.5 Å². The highest BCUT2D eigenvalue weighted by molar-refractivity contribution is 5.71. The van der Waals surface area contributed by atoms with Crippen LogP contribution in [0.25, 0.3) is 0 Å². The molecule has 0 saturated carbocycles. The Morgan fingerprint density at radius 2 is 2.06 bits per heavy atom. The molecule has 1 aromatic carbocycles. The molecule has 1 fully saturated rings. The molecule has 1 heterocycles. The molecule has 1 aliphatic rings. The zero-order valence-electron chi connectivity index (χ0n) is 9.56. The molecule has 0 aromatic heterocycles. The monoisotopic (exact) mass is 220 g/mol.